The molecule has 3 heteroatoms. The molecule has 0 spiro atoms. The van der Waals surface area contributed by atoms with Gasteiger partial charge in [0.25, 0.3) is 5.91 Å². The molecule has 0 aliphatic carbocycles. The van der Waals surface area contributed by atoms with Gasteiger partial charge in [-0.3, -0.25) is 4.79 Å². The molecule has 86 valence electrons. The van der Waals surface area contributed by atoms with Crippen molar-refractivity contribution in [2.45, 2.75) is 6.92 Å². The van der Waals surface area contributed by atoms with Crippen LogP contribution in [-0.4, -0.2) is 12.5 Å². The van der Waals surface area contributed by atoms with E-state index in [0.717, 1.165) is 11.1 Å². The molecular weight excluding hydrogens is 212 g/mol. The van der Waals surface area contributed by atoms with E-state index in [-0.39, 0.29) is 11.5 Å². The minimum atomic E-state index is -0.382. The van der Waals surface area contributed by atoms with Gasteiger partial charge in [0.2, 0.25) is 0 Å². The minimum absolute atomic E-state index is 0.0932. The highest BCUT2D eigenvalue weighted by molar-refractivity contribution is 6.01. The standard InChI is InChI=1S/C14H14N2O/c1-3-8-16-14(17)13(10-15)9-12-6-4-11(2)5-7-12/h3-7,9H,1,8H2,2H3,(H,16,17)/b13-9-. The molecule has 1 amide bonds. The Labute approximate surface area is 101 Å². The van der Waals surface area contributed by atoms with E-state index in [0.29, 0.717) is 6.54 Å². The fourth-order valence-corrected chi connectivity index (χ4v) is 1.24. The van der Waals surface area contributed by atoms with Crippen LogP contribution < -0.4 is 5.32 Å². The second-order valence-electron chi connectivity index (χ2n) is 3.58. The lowest BCUT2D eigenvalue weighted by atomic mass is 10.1. The Morgan fingerprint density at radius 3 is 2.65 bits per heavy atom. The summed E-state index contributed by atoms with van der Waals surface area (Å²) in [6.45, 7) is 5.83. The lowest BCUT2D eigenvalue weighted by Crippen LogP contribution is -2.24. The molecule has 1 rings (SSSR count). The van der Waals surface area contributed by atoms with Crippen LogP contribution in [0.3, 0.4) is 0 Å². The van der Waals surface area contributed by atoms with Crippen molar-refractivity contribution in [1.29, 1.82) is 5.26 Å². The van der Waals surface area contributed by atoms with Gasteiger partial charge in [0, 0.05) is 6.54 Å². The van der Waals surface area contributed by atoms with Crippen LogP contribution in [0.25, 0.3) is 6.08 Å². The molecule has 0 unspecified atom stereocenters. The summed E-state index contributed by atoms with van der Waals surface area (Å²) in [6.07, 6.45) is 3.14. The molecule has 0 atom stereocenters. The van der Waals surface area contributed by atoms with Gasteiger partial charge in [0.1, 0.15) is 11.6 Å². The van der Waals surface area contributed by atoms with Crippen LogP contribution in [0.2, 0.25) is 0 Å². The summed E-state index contributed by atoms with van der Waals surface area (Å²) in [6, 6.07) is 9.49. The predicted octanol–water partition coefficient (Wildman–Crippen LogP) is 2.20. The first-order chi connectivity index (χ1) is 8.17. The maximum Gasteiger partial charge on any atom is 0.262 e. The number of aryl methyl sites for hydroxylation is 1. The van der Waals surface area contributed by atoms with E-state index in [2.05, 4.69) is 11.9 Å². The highest BCUT2D eigenvalue weighted by atomic mass is 16.1. The molecule has 0 heterocycles. The molecular formula is C14H14N2O. The summed E-state index contributed by atoms with van der Waals surface area (Å²) in [7, 11) is 0. The molecule has 3 nitrogen and oxygen atoms in total. The molecule has 1 N–H and O–H groups in total. The van der Waals surface area contributed by atoms with Gasteiger partial charge in [-0.2, -0.15) is 5.26 Å². The van der Waals surface area contributed by atoms with Crippen LogP contribution in [0.1, 0.15) is 11.1 Å². The van der Waals surface area contributed by atoms with E-state index in [1.165, 1.54) is 0 Å². The molecule has 0 fully saturated rings. The Kier molecular flexibility index (Phi) is 4.71. The number of rotatable bonds is 4. The Balaban J connectivity index is 2.87. The van der Waals surface area contributed by atoms with Crippen molar-refractivity contribution in [1.82, 2.24) is 5.32 Å². The Morgan fingerprint density at radius 1 is 1.47 bits per heavy atom. The van der Waals surface area contributed by atoms with Crippen molar-refractivity contribution in [2.75, 3.05) is 6.54 Å². The predicted molar refractivity (Wildman–Crippen MR) is 68.0 cm³/mol. The number of hydrogen-bond donors (Lipinski definition) is 1. The summed E-state index contributed by atoms with van der Waals surface area (Å²) in [5.41, 5.74) is 2.06. The first kappa shape index (κ1) is 12.7. The Bertz CT molecular complexity index is 478. The summed E-state index contributed by atoms with van der Waals surface area (Å²) in [4.78, 5) is 11.6. The lowest BCUT2D eigenvalue weighted by Gasteiger charge is -2.00. The van der Waals surface area contributed by atoms with Crippen molar-refractivity contribution in [3.05, 3.63) is 53.6 Å². The van der Waals surface area contributed by atoms with Crippen LogP contribution in [0.5, 0.6) is 0 Å². The van der Waals surface area contributed by atoms with E-state index < -0.39 is 0 Å². The van der Waals surface area contributed by atoms with E-state index >= 15 is 0 Å². The first-order valence-corrected chi connectivity index (χ1v) is 5.25. The smallest absolute Gasteiger partial charge is 0.262 e. The molecule has 0 radical (unpaired) electrons. The zero-order valence-corrected chi connectivity index (χ0v) is 9.73. The molecule has 1 aromatic rings. The van der Waals surface area contributed by atoms with Crippen LogP contribution >= 0.6 is 0 Å². The van der Waals surface area contributed by atoms with Crippen LogP contribution in [0.15, 0.2) is 42.5 Å². The fraction of sp³-hybridized carbons (Fsp3) is 0.143. The number of nitrogens with one attached hydrogen (secondary N) is 1. The van der Waals surface area contributed by atoms with Gasteiger partial charge in [0.05, 0.1) is 0 Å². The molecule has 0 aliphatic rings. The average molecular weight is 226 g/mol. The largest absolute Gasteiger partial charge is 0.348 e. The highest BCUT2D eigenvalue weighted by Crippen LogP contribution is 2.08. The van der Waals surface area contributed by atoms with Gasteiger partial charge in [-0.25, -0.2) is 0 Å². The third-order valence-corrected chi connectivity index (χ3v) is 2.16. The zero-order valence-electron chi connectivity index (χ0n) is 9.73. The number of benzene rings is 1. The molecule has 0 aliphatic heterocycles. The molecule has 0 bridgehead atoms. The van der Waals surface area contributed by atoms with E-state index in [1.54, 1.807) is 12.2 Å². The van der Waals surface area contributed by atoms with E-state index in [1.807, 2.05) is 37.3 Å². The van der Waals surface area contributed by atoms with Crippen molar-refractivity contribution in [3.8, 4) is 6.07 Å². The molecule has 17 heavy (non-hydrogen) atoms. The van der Waals surface area contributed by atoms with Crippen molar-refractivity contribution < 1.29 is 4.79 Å². The monoisotopic (exact) mass is 226 g/mol. The van der Waals surface area contributed by atoms with Crippen LogP contribution in [-0.2, 0) is 4.79 Å². The number of carbonyl (C=O) groups excluding carboxylic acids is 1. The van der Waals surface area contributed by atoms with Crippen LogP contribution in [0.4, 0.5) is 0 Å². The van der Waals surface area contributed by atoms with Gasteiger partial charge < -0.3 is 5.32 Å². The maximum absolute atomic E-state index is 11.6. The summed E-state index contributed by atoms with van der Waals surface area (Å²) in [5, 5.41) is 11.5. The molecule has 1 aromatic carbocycles. The molecule has 0 saturated heterocycles. The van der Waals surface area contributed by atoms with Gasteiger partial charge in [-0.1, -0.05) is 35.9 Å². The number of hydrogen-bond acceptors (Lipinski definition) is 2. The summed E-state index contributed by atoms with van der Waals surface area (Å²) < 4.78 is 0. The van der Waals surface area contributed by atoms with Crippen molar-refractivity contribution in [3.63, 3.8) is 0 Å². The fourth-order valence-electron chi connectivity index (χ4n) is 1.24. The van der Waals surface area contributed by atoms with Gasteiger partial charge in [-0.15, -0.1) is 6.58 Å². The maximum atomic E-state index is 11.6. The second kappa shape index (κ2) is 6.29. The number of nitrogens with zero attached hydrogens (tertiary/aromatic N) is 1. The minimum Gasteiger partial charge on any atom is -0.348 e. The van der Waals surface area contributed by atoms with Gasteiger partial charge in [-0.05, 0) is 18.6 Å². The van der Waals surface area contributed by atoms with Gasteiger partial charge >= 0.3 is 0 Å². The van der Waals surface area contributed by atoms with E-state index in [4.69, 9.17) is 5.26 Å². The highest BCUT2D eigenvalue weighted by Gasteiger charge is 2.06. The van der Waals surface area contributed by atoms with E-state index in [9.17, 15) is 4.79 Å². The average Bonchev–Trinajstić information content (AvgIpc) is 2.35. The number of nitriles is 1. The van der Waals surface area contributed by atoms with Gasteiger partial charge in [0.15, 0.2) is 0 Å². The summed E-state index contributed by atoms with van der Waals surface area (Å²) >= 11 is 0. The zero-order chi connectivity index (χ0) is 12.7. The Morgan fingerprint density at radius 2 is 2.12 bits per heavy atom. The van der Waals surface area contributed by atoms with Crippen molar-refractivity contribution >= 4 is 12.0 Å². The topological polar surface area (TPSA) is 52.9 Å². The quantitative estimate of drug-likeness (QED) is 0.486. The normalized spacial score (nSPS) is 10.5. The van der Waals surface area contributed by atoms with Crippen LogP contribution in [0, 0.1) is 18.3 Å². The molecule has 0 saturated carbocycles. The first-order valence-electron chi connectivity index (χ1n) is 5.25. The number of carbonyl (C=O) groups is 1. The number of amides is 1. The SMILES string of the molecule is C=CCNC(=O)/C(C#N)=C\c1ccc(C)cc1. The van der Waals surface area contributed by atoms with Crippen molar-refractivity contribution in [2.24, 2.45) is 0 Å². The summed E-state index contributed by atoms with van der Waals surface area (Å²) in [5.74, 6) is -0.382. The molecule has 0 aromatic heterocycles. The third-order valence-electron chi connectivity index (χ3n) is 2.16. The third kappa shape index (κ3) is 3.96. The Hall–Kier alpha value is -2.34. The lowest BCUT2D eigenvalue weighted by molar-refractivity contribution is -0.116. The second-order valence-corrected chi connectivity index (χ2v) is 3.58.